The lowest BCUT2D eigenvalue weighted by atomic mass is 10.2. The van der Waals surface area contributed by atoms with Crippen molar-refractivity contribution >= 4 is 27.4 Å². The highest BCUT2D eigenvalue weighted by Gasteiger charge is 2.20. The first-order valence-corrected chi connectivity index (χ1v) is 6.87. The minimum Gasteiger partial charge on any atom is -0.326 e. The molecule has 3 rings (SSSR count). The van der Waals surface area contributed by atoms with Gasteiger partial charge in [-0.1, -0.05) is 40.2 Å². The van der Waals surface area contributed by atoms with Crippen LogP contribution in [0.4, 0.5) is 11.5 Å². The molecule has 0 atom stereocenters. The molecule has 0 N–H and O–H groups in total. The number of benzene rings is 1. The van der Waals surface area contributed by atoms with Gasteiger partial charge in [-0.05, 0) is 29.7 Å². The number of rotatable bonds is 2. The van der Waals surface area contributed by atoms with E-state index < -0.39 is 0 Å². The smallest absolute Gasteiger partial charge is 0.132 e. The summed E-state index contributed by atoms with van der Waals surface area (Å²) in [4.78, 5) is 6.81. The molecule has 0 radical (unpaired) electrons. The van der Waals surface area contributed by atoms with Crippen LogP contribution in [0.25, 0.3) is 0 Å². The summed E-state index contributed by atoms with van der Waals surface area (Å²) in [6.45, 7) is 1.03. The van der Waals surface area contributed by atoms with Crippen molar-refractivity contribution in [1.29, 1.82) is 0 Å². The number of alkyl halides is 1. The second-order valence-electron chi connectivity index (χ2n) is 4.19. The Morgan fingerprint density at radius 2 is 2.06 bits per heavy atom. The van der Waals surface area contributed by atoms with Crippen molar-refractivity contribution in [3.05, 3.63) is 53.7 Å². The fourth-order valence-electron chi connectivity index (χ4n) is 2.23. The van der Waals surface area contributed by atoms with Gasteiger partial charge in [-0.2, -0.15) is 0 Å². The summed E-state index contributed by atoms with van der Waals surface area (Å²) in [7, 11) is 0. The third-order valence-corrected chi connectivity index (χ3v) is 3.77. The van der Waals surface area contributed by atoms with Gasteiger partial charge in [-0.15, -0.1) is 0 Å². The van der Waals surface area contributed by atoms with Crippen LogP contribution in [0, 0.1) is 0 Å². The summed E-state index contributed by atoms with van der Waals surface area (Å²) in [5.41, 5.74) is 3.92. The van der Waals surface area contributed by atoms with E-state index in [1.807, 2.05) is 6.20 Å². The van der Waals surface area contributed by atoms with Gasteiger partial charge in [0.05, 0.1) is 0 Å². The highest BCUT2D eigenvalue weighted by atomic mass is 79.9. The Kier molecular flexibility index (Phi) is 2.85. The van der Waals surface area contributed by atoms with Gasteiger partial charge in [0.2, 0.25) is 0 Å². The van der Waals surface area contributed by atoms with Gasteiger partial charge in [-0.25, -0.2) is 4.98 Å². The summed E-state index contributed by atoms with van der Waals surface area (Å²) in [5.74, 6) is 1.04. The van der Waals surface area contributed by atoms with E-state index >= 15 is 0 Å². The van der Waals surface area contributed by atoms with E-state index in [9.17, 15) is 0 Å². The molecule has 0 spiro atoms. The SMILES string of the molecule is BrCc1ccc(N2CCc3ccccc32)nc1. The van der Waals surface area contributed by atoms with E-state index in [-0.39, 0.29) is 0 Å². The number of anilines is 2. The summed E-state index contributed by atoms with van der Waals surface area (Å²) in [6, 6.07) is 12.8. The maximum absolute atomic E-state index is 4.53. The number of fused-ring (bicyclic) bond motifs is 1. The van der Waals surface area contributed by atoms with Gasteiger partial charge in [0, 0.05) is 23.8 Å². The van der Waals surface area contributed by atoms with Crippen LogP contribution in [0.3, 0.4) is 0 Å². The van der Waals surface area contributed by atoms with E-state index in [0.717, 1.165) is 24.1 Å². The molecule has 0 saturated carbocycles. The average Bonchev–Trinajstić information content (AvgIpc) is 2.83. The minimum absolute atomic E-state index is 0.858. The van der Waals surface area contributed by atoms with E-state index in [0.29, 0.717) is 0 Å². The molecule has 2 nitrogen and oxygen atoms in total. The monoisotopic (exact) mass is 288 g/mol. The number of pyridine rings is 1. The van der Waals surface area contributed by atoms with Gasteiger partial charge in [0.25, 0.3) is 0 Å². The number of para-hydroxylation sites is 1. The molecular weight excluding hydrogens is 276 g/mol. The summed E-state index contributed by atoms with van der Waals surface area (Å²) in [5, 5.41) is 0.858. The molecule has 17 heavy (non-hydrogen) atoms. The molecule has 1 aliphatic heterocycles. The van der Waals surface area contributed by atoms with Crippen molar-refractivity contribution in [3.8, 4) is 0 Å². The maximum Gasteiger partial charge on any atom is 0.132 e. The Hall–Kier alpha value is -1.35. The van der Waals surface area contributed by atoms with Crippen LogP contribution in [0.1, 0.15) is 11.1 Å². The van der Waals surface area contributed by atoms with Gasteiger partial charge in [0.15, 0.2) is 0 Å². The number of nitrogens with zero attached hydrogens (tertiary/aromatic N) is 2. The lowest BCUT2D eigenvalue weighted by Gasteiger charge is -2.18. The third kappa shape index (κ3) is 1.95. The lowest BCUT2D eigenvalue weighted by Crippen LogP contribution is -2.14. The van der Waals surface area contributed by atoms with Crippen molar-refractivity contribution < 1.29 is 0 Å². The lowest BCUT2D eigenvalue weighted by molar-refractivity contribution is 0.972. The largest absolute Gasteiger partial charge is 0.326 e. The van der Waals surface area contributed by atoms with Crippen molar-refractivity contribution in [3.63, 3.8) is 0 Å². The Balaban J connectivity index is 1.95. The quantitative estimate of drug-likeness (QED) is 0.784. The molecule has 1 aliphatic rings. The number of halogens is 1. The van der Waals surface area contributed by atoms with Gasteiger partial charge >= 0.3 is 0 Å². The number of hydrogen-bond donors (Lipinski definition) is 0. The van der Waals surface area contributed by atoms with Crippen molar-refractivity contribution in [2.75, 3.05) is 11.4 Å². The topological polar surface area (TPSA) is 16.1 Å². The fourth-order valence-corrected chi connectivity index (χ4v) is 2.56. The van der Waals surface area contributed by atoms with Crippen LogP contribution in [-0.2, 0) is 11.8 Å². The molecule has 1 aromatic carbocycles. The Bertz CT molecular complexity index is 522. The summed E-state index contributed by atoms with van der Waals surface area (Å²) >= 11 is 3.44. The molecule has 0 unspecified atom stereocenters. The minimum atomic E-state index is 0.858. The zero-order chi connectivity index (χ0) is 11.7. The predicted octanol–water partition coefficient (Wildman–Crippen LogP) is 3.67. The van der Waals surface area contributed by atoms with Crippen LogP contribution in [0.15, 0.2) is 42.6 Å². The molecular formula is C14H13BrN2. The molecule has 0 saturated heterocycles. The predicted molar refractivity (Wildman–Crippen MR) is 74.0 cm³/mol. The number of aromatic nitrogens is 1. The molecule has 86 valence electrons. The Morgan fingerprint density at radius 3 is 2.82 bits per heavy atom. The Morgan fingerprint density at radius 1 is 1.18 bits per heavy atom. The molecule has 3 heteroatoms. The van der Waals surface area contributed by atoms with E-state index in [1.54, 1.807) is 0 Å². The summed E-state index contributed by atoms with van der Waals surface area (Å²) < 4.78 is 0. The first-order chi connectivity index (χ1) is 8.38. The molecule has 1 aromatic heterocycles. The van der Waals surface area contributed by atoms with E-state index in [2.05, 4.69) is 62.2 Å². The standard InChI is InChI=1S/C14H13BrN2/c15-9-11-5-6-14(16-10-11)17-8-7-12-3-1-2-4-13(12)17/h1-6,10H,7-9H2. The maximum atomic E-state index is 4.53. The molecule has 0 bridgehead atoms. The fraction of sp³-hybridized carbons (Fsp3) is 0.214. The highest BCUT2D eigenvalue weighted by Crippen LogP contribution is 2.32. The molecule has 0 fully saturated rings. The molecule has 2 aromatic rings. The van der Waals surface area contributed by atoms with Crippen molar-refractivity contribution in [1.82, 2.24) is 4.98 Å². The highest BCUT2D eigenvalue weighted by molar-refractivity contribution is 9.08. The first kappa shape index (κ1) is 10.8. The number of hydrogen-bond acceptors (Lipinski definition) is 2. The van der Waals surface area contributed by atoms with E-state index in [4.69, 9.17) is 0 Å². The zero-order valence-electron chi connectivity index (χ0n) is 9.44. The van der Waals surface area contributed by atoms with Crippen molar-refractivity contribution in [2.24, 2.45) is 0 Å². The second kappa shape index (κ2) is 4.49. The summed E-state index contributed by atoms with van der Waals surface area (Å²) in [6.07, 6.45) is 3.04. The van der Waals surface area contributed by atoms with Crippen LogP contribution in [0.2, 0.25) is 0 Å². The van der Waals surface area contributed by atoms with Crippen LogP contribution >= 0.6 is 15.9 Å². The van der Waals surface area contributed by atoms with Crippen LogP contribution in [0.5, 0.6) is 0 Å². The average molecular weight is 289 g/mol. The van der Waals surface area contributed by atoms with Gasteiger partial charge < -0.3 is 4.90 Å². The third-order valence-electron chi connectivity index (χ3n) is 3.13. The van der Waals surface area contributed by atoms with E-state index in [1.165, 1.54) is 16.8 Å². The first-order valence-electron chi connectivity index (χ1n) is 5.75. The Labute approximate surface area is 109 Å². The van der Waals surface area contributed by atoms with Crippen molar-refractivity contribution in [2.45, 2.75) is 11.8 Å². The zero-order valence-corrected chi connectivity index (χ0v) is 11.0. The molecule has 0 aliphatic carbocycles. The van der Waals surface area contributed by atoms with Gasteiger partial charge in [-0.3, -0.25) is 0 Å². The van der Waals surface area contributed by atoms with Gasteiger partial charge in [0.1, 0.15) is 5.82 Å². The molecule has 2 heterocycles. The second-order valence-corrected chi connectivity index (χ2v) is 4.75. The molecule has 0 amide bonds. The van der Waals surface area contributed by atoms with Crippen LogP contribution in [-0.4, -0.2) is 11.5 Å². The normalized spacial score (nSPS) is 13.8. The van der Waals surface area contributed by atoms with Crippen LogP contribution < -0.4 is 4.90 Å².